The highest BCUT2D eigenvalue weighted by molar-refractivity contribution is 7.91. The molecule has 0 radical (unpaired) electrons. The smallest absolute Gasteiger partial charge is 0.307 e. The highest BCUT2D eigenvalue weighted by Gasteiger charge is 2.16. The summed E-state index contributed by atoms with van der Waals surface area (Å²) in [6.07, 6.45) is 1.38. The van der Waals surface area contributed by atoms with Gasteiger partial charge in [-0.3, -0.25) is 9.59 Å². The lowest BCUT2D eigenvalue weighted by molar-refractivity contribution is -0.147. The monoisotopic (exact) mass is 424 g/mol. The van der Waals surface area contributed by atoms with Crippen molar-refractivity contribution in [2.75, 3.05) is 18.5 Å². The Bertz CT molecular complexity index is 886. The number of carbonyl (C=O) groups is 2. The van der Waals surface area contributed by atoms with E-state index in [-0.39, 0.29) is 17.2 Å². The summed E-state index contributed by atoms with van der Waals surface area (Å²) in [5.41, 5.74) is 2.79. The molecule has 2 aromatic rings. The van der Waals surface area contributed by atoms with E-state index in [0.717, 1.165) is 41.0 Å². The standard InChI is InChI=1S/C19H24N2O5S2/c1-3-14-7-5-8-15(4-2)19(14)21-16(22)13-26-17(23)10-11-20-28(24,25)18-9-6-12-27-18/h5-9,12,20H,3-4,10-11,13H2,1-2H3,(H,21,22). The average molecular weight is 425 g/mol. The fourth-order valence-corrected chi connectivity index (χ4v) is 4.64. The van der Waals surface area contributed by atoms with Gasteiger partial charge in [-0.05, 0) is 35.4 Å². The Hall–Kier alpha value is -2.23. The maximum Gasteiger partial charge on any atom is 0.307 e. The second kappa shape index (κ2) is 10.4. The van der Waals surface area contributed by atoms with E-state index in [9.17, 15) is 18.0 Å². The topological polar surface area (TPSA) is 102 Å². The molecule has 7 nitrogen and oxygen atoms in total. The Morgan fingerprint density at radius 1 is 1.07 bits per heavy atom. The first kappa shape index (κ1) is 22.1. The van der Waals surface area contributed by atoms with Gasteiger partial charge in [0.15, 0.2) is 6.61 Å². The van der Waals surface area contributed by atoms with Gasteiger partial charge in [0.2, 0.25) is 10.0 Å². The third-order valence-electron chi connectivity index (χ3n) is 4.01. The molecule has 0 spiro atoms. The minimum Gasteiger partial charge on any atom is -0.456 e. The molecule has 0 bridgehead atoms. The summed E-state index contributed by atoms with van der Waals surface area (Å²) < 4.78 is 31.4. The number of carbonyl (C=O) groups excluding carboxylic acids is 2. The summed E-state index contributed by atoms with van der Waals surface area (Å²) >= 11 is 1.09. The van der Waals surface area contributed by atoms with Crippen LogP contribution in [0.5, 0.6) is 0 Å². The molecule has 0 saturated carbocycles. The first-order valence-electron chi connectivity index (χ1n) is 8.96. The highest BCUT2D eigenvalue weighted by Crippen LogP contribution is 2.22. The number of ether oxygens (including phenoxy) is 1. The van der Waals surface area contributed by atoms with Crippen LogP contribution in [0.4, 0.5) is 5.69 Å². The molecule has 2 rings (SSSR count). The molecule has 0 fully saturated rings. The third-order valence-corrected chi connectivity index (χ3v) is 6.87. The largest absolute Gasteiger partial charge is 0.456 e. The first-order chi connectivity index (χ1) is 13.4. The van der Waals surface area contributed by atoms with Gasteiger partial charge in [0.1, 0.15) is 4.21 Å². The van der Waals surface area contributed by atoms with Gasteiger partial charge < -0.3 is 10.1 Å². The Balaban J connectivity index is 1.79. The maximum atomic E-state index is 12.1. The fraction of sp³-hybridized carbons (Fsp3) is 0.368. The van der Waals surface area contributed by atoms with E-state index in [1.54, 1.807) is 11.4 Å². The summed E-state index contributed by atoms with van der Waals surface area (Å²) in [7, 11) is -3.62. The molecule has 0 saturated heterocycles. The Morgan fingerprint density at radius 2 is 1.75 bits per heavy atom. The van der Waals surface area contributed by atoms with Crippen LogP contribution in [0, 0.1) is 0 Å². The second-order valence-electron chi connectivity index (χ2n) is 5.95. The first-order valence-corrected chi connectivity index (χ1v) is 11.3. The Morgan fingerprint density at radius 3 is 2.32 bits per heavy atom. The molecule has 0 unspecified atom stereocenters. The number of para-hydroxylation sites is 1. The quantitative estimate of drug-likeness (QED) is 0.571. The lowest BCUT2D eigenvalue weighted by Crippen LogP contribution is -2.27. The van der Waals surface area contributed by atoms with Crippen molar-refractivity contribution in [1.82, 2.24) is 4.72 Å². The van der Waals surface area contributed by atoms with Crippen LogP contribution in [0.3, 0.4) is 0 Å². The van der Waals surface area contributed by atoms with E-state index < -0.39 is 28.5 Å². The van der Waals surface area contributed by atoms with Crippen molar-refractivity contribution in [2.24, 2.45) is 0 Å². The molecule has 28 heavy (non-hydrogen) atoms. The number of hydrogen-bond acceptors (Lipinski definition) is 6. The van der Waals surface area contributed by atoms with Crippen LogP contribution in [-0.4, -0.2) is 33.4 Å². The molecular weight excluding hydrogens is 400 g/mol. The zero-order chi connectivity index (χ0) is 20.6. The molecule has 0 atom stereocenters. The SMILES string of the molecule is CCc1cccc(CC)c1NC(=O)COC(=O)CCNS(=O)(=O)c1cccs1. The second-order valence-corrected chi connectivity index (χ2v) is 8.89. The Labute approximate surface area is 169 Å². The van der Waals surface area contributed by atoms with Crippen LogP contribution in [0.2, 0.25) is 0 Å². The van der Waals surface area contributed by atoms with Gasteiger partial charge in [-0.25, -0.2) is 13.1 Å². The normalized spacial score (nSPS) is 11.2. The molecule has 0 aliphatic carbocycles. The molecule has 1 aromatic heterocycles. The van der Waals surface area contributed by atoms with Gasteiger partial charge in [0.05, 0.1) is 6.42 Å². The van der Waals surface area contributed by atoms with E-state index in [2.05, 4.69) is 10.0 Å². The van der Waals surface area contributed by atoms with Crippen LogP contribution < -0.4 is 10.0 Å². The van der Waals surface area contributed by atoms with Crippen LogP contribution in [-0.2, 0) is 37.2 Å². The van der Waals surface area contributed by atoms with Gasteiger partial charge >= 0.3 is 5.97 Å². The predicted molar refractivity (Wildman–Crippen MR) is 109 cm³/mol. The molecular formula is C19H24N2O5S2. The number of aryl methyl sites for hydroxylation is 2. The van der Waals surface area contributed by atoms with Gasteiger partial charge in [-0.1, -0.05) is 38.1 Å². The number of sulfonamides is 1. The van der Waals surface area contributed by atoms with E-state index in [1.165, 1.54) is 6.07 Å². The van der Waals surface area contributed by atoms with Crippen LogP contribution in [0.15, 0.2) is 39.9 Å². The van der Waals surface area contributed by atoms with Gasteiger partial charge in [0, 0.05) is 12.2 Å². The molecule has 1 aromatic carbocycles. The molecule has 1 heterocycles. The van der Waals surface area contributed by atoms with E-state index >= 15 is 0 Å². The minimum absolute atomic E-state index is 0.0979. The number of amides is 1. The van der Waals surface area contributed by atoms with Crippen LogP contribution >= 0.6 is 11.3 Å². The predicted octanol–water partition coefficient (Wildman–Crippen LogP) is 2.72. The van der Waals surface area contributed by atoms with E-state index in [4.69, 9.17) is 4.74 Å². The molecule has 9 heteroatoms. The van der Waals surface area contributed by atoms with Crippen molar-refractivity contribution in [3.05, 3.63) is 46.8 Å². The molecule has 0 aliphatic rings. The third kappa shape index (κ3) is 6.15. The zero-order valence-corrected chi connectivity index (χ0v) is 17.5. The number of hydrogen-bond donors (Lipinski definition) is 2. The highest BCUT2D eigenvalue weighted by atomic mass is 32.2. The molecule has 1 amide bonds. The minimum atomic E-state index is -3.62. The van der Waals surface area contributed by atoms with Gasteiger partial charge in [-0.15, -0.1) is 11.3 Å². The van der Waals surface area contributed by atoms with Crippen molar-refractivity contribution in [1.29, 1.82) is 0 Å². The molecule has 152 valence electrons. The molecule has 0 aliphatic heterocycles. The van der Waals surface area contributed by atoms with Crippen molar-refractivity contribution in [3.63, 3.8) is 0 Å². The number of rotatable bonds is 10. The lowest BCUT2D eigenvalue weighted by Gasteiger charge is -2.14. The van der Waals surface area contributed by atoms with Crippen molar-refractivity contribution in [3.8, 4) is 0 Å². The van der Waals surface area contributed by atoms with Crippen molar-refractivity contribution >= 4 is 38.9 Å². The lowest BCUT2D eigenvalue weighted by atomic mass is 10.0. The van der Waals surface area contributed by atoms with Gasteiger partial charge in [0.25, 0.3) is 5.91 Å². The molecule has 2 N–H and O–H groups in total. The summed E-state index contributed by atoms with van der Waals surface area (Å²) in [6, 6.07) is 8.95. The number of esters is 1. The Kier molecular flexibility index (Phi) is 8.16. The van der Waals surface area contributed by atoms with Crippen LogP contribution in [0.25, 0.3) is 0 Å². The van der Waals surface area contributed by atoms with Crippen molar-refractivity contribution in [2.45, 2.75) is 37.3 Å². The zero-order valence-electron chi connectivity index (χ0n) is 15.9. The van der Waals surface area contributed by atoms with Crippen molar-refractivity contribution < 1.29 is 22.7 Å². The average Bonchev–Trinajstić information content (AvgIpc) is 3.22. The summed E-state index contributed by atoms with van der Waals surface area (Å²) in [5.74, 6) is -1.08. The van der Waals surface area contributed by atoms with E-state index in [0.29, 0.717) is 0 Å². The fourth-order valence-electron chi connectivity index (χ4n) is 2.57. The maximum absolute atomic E-state index is 12.1. The number of thiophene rings is 1. The summed E-state index contributed by atoms with van der Waals surface area (Å²) in [4.78, 5) is 23.9. The number of benzene rings is 1. The summed E-state index contributed by atoms with van der Waals surface area (Å²) in [6.45, 7) is 3.49. The number of nitrogens with one attached hydrogen (secondary N) is 2. The van der Waals surface area contributed by atoms with Crippen LogP contribution in [0.1, 0.15) is 31.4 Å². The van der Waals surface area contributed by atoms with Gasteiger partial charge in [-0.2, -0.15) is 0 Å². The van der Waals surface area contributed by atoms with E-state index in [1.807, 2.05) is 32.0 Å². The summed E-state index contributed by atoms with van der Waals surface area (Å²) in [5, 5.41) is 4.46. The number of anilines is 1.